The fourth-order valence-electron chi connectivity index (χ4n) is 1.62. The Morgan fingerprint density at radius 2 is 1.79 bits per heavy atom. The van der Waals surface area contributed by atoms with Gasteiger partial charge >= 0.3 is 0 Å². The second-order valence-corrected chi connectivity index (χ2v) is 4.37. The third kappa shape index (κ3) is 2.28. The lowest BCUT2D eigenvalue weighted by molar-refractivity contribution is 0.313. The molecule has 1 aliphatic rings. The van der Waals surface area contributed by atoms with Crippen LogP contribution in [0.15, 0.2) is 28.7 Å². The number of likely N-dealkylation sites (N-methyl/N-ethyl adjacent to an activating group) is 1. The maximum atomic E-state index is 7.36. The van der Waals surface area contributed by atoms with Gasteiger partial charge in [0.25, 0.3) is 0 Å². The predicted octanol–water partition coefficient (Wildman–Crippen LogP) is 2.20. The van der Waals surface area contributed by atoms with Gasteiger partial charge < -0.3 is 9.80 Å². The first kappa shape index (κ1) is 6.85. The summed E-state index contributed by atoms with van der Waals surface area (Å²) in [6.07, 6.45) is 0. The van der Waals surface area contributed by atoms with Gasteiger partial charge in [-0.25, -0.2) is 0 Å². The minimum atomic E-state index is -1.95. The topological polar surface area (TPSA) is 6.48 Å². The Hall–Kier alpha value is -0.540. The van der Waals surface area contributed by atoms with Crippen molar-refractivity contribution in [2.45, 2.75) is 0 Å². The number of anilines is 1. The van der Waals surface area contributed by atoms with Crippen LogP contribution in [0.25, 0.3) is 0 Å². The van der Waals surface area contributed by atoms with Crippen molar-refractivity contribution < 1.29 is 4.11 Å². The minimum absolute atomic E-state index is 0.590. The van der Waals surface area contributed by atoms with Crippen LogP contribution in [0.2, 0.25) is 0 Å². The molecule has 14 heavy (non-hydrogen) atoms. The third-order valence-electron chi connectivity index (χ3n) is 2.47. The highest BCUT2D eigenvalue weighted by atomic mass is 79.9. The molecule has 0 bridgehead atoms. The molecule has 0 aromatic heterocycles. The standard InChI is InChI=1S/C11H15BrN2/c1-13-6-8-14(9-7-13)11-4-2-10(12)3-5-11/h2-5H,6-9H2,1H3/i1D3. The van der Waals surface area contributed by atoms with Crippen LogP contribution in [-0.4, -0.2) is 38.1 Å². The van der Waals surface area contributed by atoms with Crippen LogP contribution < -0.4 is 4.90 Å². The van der Waals surface area contributed by atoms with Crippen molar-refractivity contribution >= 4 is 21.6 Å². The van der Waals surface area contributed by atoms with Crippen LogP contribution in [-0.2, 0) is 0 Å². The zero-order valence-electron chi connectivity index (χ0n) is 10.9. The first-order valence-corrected chi connectivity index (χ1v) is 5.52. The molecule has 76 valence electrons. The van der Waals surface area contributed by atoms with E-state index in [9.17, 15) is 0 Å². The molecular weight excluding hydrogens is 240 g/mol. The van der Waals surface area contributed by atoms with Gasteiger partial charge in [0.15, 0.2) is 0 Å². The van der Waals surface area contributed by atoms with Gasteiger partial charge in [-0.15, -0.1) is 0 Å². The summed E-state index contributed by atoms with van der Waals surface area (Å²) >= 11 is 3.40. The molecule has 1 fully saturated rings. The molecule has 0 atom stereocenters. The molecule has 0 radical (unpaired) electrons. The summed E-state index contributed by atoms with van der Waals surface area (Å²) in [5.41, 5.74) is 1.15. The van der Waals surface area contributed by atoms with Gasteiger partial charge in [0, 0.05) is 40.5 Å². The van der Waals surface area contributed by atoms with E-state index in [0.717, 1.165) is 23.2 Å². The lowest BCUT2D eigenvalue weighted by Gasteiger charge is -2.34. The van der Waals surface area contributed by atoms with Crippen LogP contribution in [0.5, 0.6) is 0 Å². The Kier molecular flexibility index (Phi) is 2.12. The second kappa shape index (κ2) is 4.32. The average Bonchev–Trinajstić information content (AvgIpc) is 2.29. The minimum Gasteiger partial charge on any atom is -0.369 e. The van der Waals surface area contributed by atoms with Crippen molar-refractivity contribution in [1.82, 2.24) is 4.90 Å². The van der Waals surface area contributed by atoms with E-state index in [2.05, 4.69) is 33.0 Å². The van der Waals surface area contributed by atoms with Crippen molar-refractivity contribution in [2.24, 2.45) is 0 Å². The average molecular weight is 258 g/mol. The first-order chi connectivity index (χ1) is 7.97. The largest absolute Gasteiger partial charge is 0.369 e. The molecule has 2 nitrogen and oxygen atoms in total. The normalized spacial score (nSPS) is 22.6. The van der Waals surface area contributed by atoms with Gasteiger partial charge in [-0.1, -0.05) is 15.9 Å². The van der Waals surface area contributed by atoms with Crippen molar-refractivity contribution in [3.8, 4) is 0 Å². The van der Waals surface area contributed by atoms with Gasteiger partial charge in [-0.2, -0.15) is 0 Å². The molecule has 1 saturated heterocycles. The maximum absolute atomic E-state index is 7.36. The summed E-state index contributed by atoms with van der Waals surface area (Å²) in [4.78, 5) is 3.77. The molecular formula is C11H15BrN2. The first-order valence-electron chi connectivity index (χ1n) is 6.22. The zero-order valence-corrected chi connectivity index (χ0v) is 9.50. The molecule has 1 aliphatic heterocycles. The highest BCUT2D eigenvalue weighted by Crippen LogP contribution is 2.19. The number of halogens is 1. The second-order valence-electron chi connectivity index (χ2n) is 3.45. The molecule has 0 N–H and O–H groups in total. The molecule has 0 spiro atoms. The number of benzene rings is 1. The van der Waals surface area contributed by atoms with Crippen molar-refractivity contribution in [3.63, 3.8) is 0 Å². The van der Waals surface area contributed by atoms with E-state index in [0.29, 0.717) is 13.1 Å². The maximum Gasteiger partial charge on any atom is 0.0394 e. The molecule has 0 unspecified atom stereocenters. The Morgan fingerprint density at radius 3 is 2.36 bits per heavy atom. The van der Waals surface area contributed by atoms with Gasteiger partial charge in [0.05, 0.1) is 0 Å². The lowest BCUT2D eigenvalue weighted by atomic mass is 10.2. The van der Waals surface area contributed by atoms with E-state index in [1.807, 2.05) is 12.1 Å². The fourth-order valence-corrected chi connectivity index (χ4v) is 1.88. The van der Waals surface area contributed by atoms with Crippen molar-refractivity contribution in [2.75, 3.05) is 38.1 Å². The van der Waals surface area contributed by atoms with Crippen molar-refractivity contribution in [3.05, 3.63) is 28.7 Å². The molecule has 2 rings (SSSR count). The van der Waals surface area contributed by atoms with Crippen LogP contribution in [0.3, 0.4) is 0 Å². The van der Waals surface area contributed by atoms with E-state index in [4.69, 9.17) is 4.11 Å². The van der Waals surface area contributed by atoms with Crippen LogP contribution in [0.1, 0.15) is 4.11 Å². The highest BCUT2D eigenvalue weighted by Gasteiger charge is 2.13. The van der Waals surface area contributed by atoms with E-state index in [1.54, 1.807) is 4.90 Å². The number of rotatable bonds is 1. The van der Waals surface area contributed by atoms with Crippen LogP contribution in [0.4, 0.5) is 5.69 Å². The Balaban J connectivity index is 1.97. The highest BCUT2D eigenvalue weighted by molar-refractivity contribution is 9.10. The summed E-state index contributed by atoms with van der Waals surface area (Å²) < 4.78 is 23.1. The van der Waals surface area contributed by atoms with Crippen LogP contribution in [0, 0.1) is 0 Å². The molecule has 0 saturated carbocycles. The molecule has 1 aromatic rings. The molecule has 0 aliphatic carbocycles. The fraction of sp³-hybridized carbons (Fsp3) is 0.455. The Bertz CT molecular complexity index is 369. The number of hydrogen-bond acceptors (Lipinski definition) is 2. The van der Waals surface area contributed by atoms with E-state index in [-0.39, 0.29) is 0 Å². The lowest BCUT2D eigenvalue weighted by Crippen LogP contribution is -2.44. The zero-order chi connectivity index (χ0) is 12.5. The summed E-state index contributed by atoms with van der Waals surface area (Å²) in [5.74, 6) is 0. The summed E-state index contributed by atoms with van der Waals surface area (Å²) in [7, 11) is 0. The summed E-state index contributed by atoms with van der Waals surface area (Å²) in [6.45, 7) is 0.755. The van der Waals surface area contributed by atoms with Gasteiger partial charge in [0.2, 0.25) is 0 Å². The van der Waals surface area contributed by atoms with Gasteiger partial charge in [0.1, 0.15) is 0 Å². The Morgan fingerprint density at radius 1 is 1.14 bits per heavy atom. The summed E-state index contributed by atoms with van der Waals surface area (Å²) in [5, 5.41) is 0. The SMILES string of the molecule is [2H]C([2H])([2H])N1CCN(c2ccc(Br)cc2)CC1. The van der Waals surface area contributed by atoms with Gasteiger partial charge in [-0.3, -0.25) is 0 Å². The van der Waals surface area contributed by atoms with E-state index in [1.165, 1.54) is 0 Å². The monoisotopic (exact) mass is 257 g/mol. The smallest absolute Gasteiger partial charge is 0.0394 e. The number of nitrogens with zero attached hydrogens (tertiary/aromatic N) is 2. The molecule has 0 amide bonds. The number of hydrogen-bond donors (Lipinski definition) is 0. The quantitative estimate of drug-likeness (QED) is 0.762. The molecule has 1 aromatic carbocycles. The Labute approximate surface area is 97.9 Å². The van der Waals surface area contributed by atoms with Crippen LogP contribution >= 0.6 is 15.9 Å². The van der Waals surface area contributed by atoms with E-state index >= 15 is 0 Å². The predicted molar refractivity (Wildman–Crippen MR) is 63.9 cm³/mol. The van der Waals surface area contributed by atoms with Gasteiger partial charge in [-0.05, 0) is 31.2 Å². The molecule has 1 heterocycles. The molecule has 3 heteroatoms. The van der Waals surface area contributed by atoms with Crippen molar-refractivity contribution in [1.29, 1.82) is 0 Å². The van der Waals surface area contributed by atoms with E-state index < -0.39 is 6.98 Å². The number of piperazine rings is 1. The summed E-state index contributed by atoms with van der Waals surface area (Å²) in [6, 6.07) is 8.11. The third-order valence-corrected chi connectivity index (χ3v) is 3.00.